The number of anilines is 1. The molecule has 3 rings (SSSR count). The normalized spacial score (nSPS) is 20.7. The van der Waals surface area contributed by atoms with Crippen molar-refractivity contribution in [1.29, 1.82) is 0 Å². The Balaban J connectivity index is 1.61. The van der Waals surface area contributed by atoms with Crippen LogP contribution in [0, 0.1) is 5.41 Å². The second-order valence-electron chi connectivity index (χ2n) is 5.94. The number of hydrogen-bond acceptors (Lipinski definition) is 5. The van der Waals surface area contributed by atoms with Gasteiger partial charge in [-0.15, -0.1) is 11.3 Å². The van der Waals surface area contributed by atoms with Gasteiger partial charge in [-0.3, -0.25) is 9.59 Å². The monoisotopic (exact) mass is 308 g/mol. The molecule has 114 valence electrons. The molecule has 2 amide bonds. The summed E-state index contributed by atoms with van der Waals surface area (Å²) >= 11 is 1.29. The Morgan fingerprint density at radius 1 is 1.38 bits per heavy atom. The lowest BCUT2D eigenvalue weighted by molar-refractivity contribution is -0.114. The third kappa shape index (κ3) is 3.08. The fourth-order valence-electron chi connectivity index (χ4n) is 3.15. The van der Waals surface area contributed by atoms with Crippen LogP contribution in [0.2, 0.25) is 0 Å². The highest BCUT2D eigenvalue weighted by Crippen LogP contribution is 2.37. The van der Waals surface area contributed by atoms with Crippen LogP contribution in [-0.2, 0) is 4.79 Å². The number of nitrogens with zero attached hydrogens (tertiary/aromatic N) is 2. The molecule has 2 aliphatic heterocycles. The van der Waals surface area contributed by atoms with Crippen LogP contribution in [0.1, 0.15) is 36.7 Å². The standard InChI is InChI=1S/C14H20N4O2S/c1-10(19)16-13-17-11(8-21-13)12(20)18-6-3-14(4-7-18)2-5-15-9-14/h8,15H,2-7,9H2,1H3,(H,16,17,19). The van der Waals surface area contributed by atoms with Crippen molar-refractivity contribution in [3.8, 4) is 0 Å². The predicted octanol–water partition coefficient (Wildman–Crippen LogP) is 1.32. The third-order valence-electron chi connectivity index (χ3n) is 4.45. The number of likely N-dealkylation sites (tertiary alicyclic amines) is 1. The molecule has 0 radical (unpaired) electrons. The van der Waals surface area contributed by atoms with Gasteiger partial charge < -0.3 is 15.5 Å². The molecule has 1 aromatic heterocycles. The highest BCUT2D eigenvalue weighted by Gasteiger charge is 2.38. The minimum absolute atomic E-state index is 0.0244. The van der Waals surface area contributed by atoms with Gasteiger partial charge in [-0.25, -0.2) is 4.98 Å². The minimum Gasteiger partial charge on any atom is -0.337 e. The van der Waals surface area contributed by atoms with Crippen LogP contribution in [0.5, 0.6) is 0 Å². The number of rotatable bonds is 2. The van der Waals surface area contributed by atoms with E-state index in [1.54, 1.807) is 5.38 Å². The van der Waals surface area contributed by atoms with Gasteiger partial charge >= 0.3 is 0 Å². The maximum absolute atomic E-state index is 12.4. The Hall–Kier alpha value is -1.47. The SMILES string of the molecule is CC(=O)Nc1nc(C(=O)N2CCC3(CCNC3)CC2)cs1. The van der Waals surface area contributed by atoms with Crippen LogP contribution >= 0.6 is 11.3 Å². The summed E-state index contributed by atoms with van der Waals surface area (Å²) in [6.07, 6.45) is 3.35. The Morgan fingerprint density at radius 2 is 2.14 bits per heavy atom. The first-order valence-electron chi connectivity index (χ1n) is 7.31. The first kappa shape index (κ1) is 14.5. The second kappa shape index (κ2) is 5.73. The molecular weight excluding hydrogens is 288 g/mol. The van der Waals surface area contributed by atoms with E-state index in [4.69, 9.17) is 0 Å². The van der Waals surface area contributed by atoms with Crippen LogP contribution in [-0.4, -0.2) is 47.9 Å². The van der Waals surface area contributed by atoms with Gasteiger partial charge in [-0.05, 0) is 31.2 Å². The van der Waals surface area contributed by atoms with E-state index in [1.165, 1.54) is 24.7 Å². The van der Waals surface area contributed by atoms with Gasteiger partial charge in [-0.1, -0.05) is 0 Å². The Kier molecular flexibility index (Phi) is 3.95. The molecule has 2 N–H and O–H groups in total. The highest BCUT2D eigenvalue weighted by molar-refractivity contribution is 7.14. The Labute approximate surface area is 127 Å². The molecule has 1 aromatic rings. The van der Waals surface area contributed by atoms with E-state index in [0.717, 1.165) is 39.0 Å². The van der Waals surface area contributed by atoms with Crippen molar-refractivity contribution in [3.63, 3.8) is 0 Å². The van der Waals surface area contributed by atoms with Crippen molar-refractivity contribution in [2.75, 3.05) is 31.5 Å². The van der Waals surface area contributed by atoms with Crippen molar-refractivity contribution in [2.45, 2.75) is 26.2 Å². The van der Waals surface area contributed by atoms with Crippen LogP contribution < -0.4 is 10.6 Å². The molecule has 6 nitrogen and oxygen atoms in total. The fourth-order valence-corrected chi connectivity index (χ4v) is 3.88. The maximum Gasteiger partial charge on any atom is 0.273 e. The lowest BCUT2D eigenvalue weighted by Gasteiger charge is -2.38. The third-order valence-corrected chi connectivity index (χ3v) is 5.21. The molecule has 1 spiro atoms. The molecule has 0 unspecified atom stereocenters. The number of amides is 2. The number of carbonyl (C=O) groups is 2. The molecular formula is C14H20N4O2S. The zero-order chi connectivity index (χ0) is 14.9. The van der Waals surface area contributed by atoms with E-state index in [1.807, 2.05) is 4.90 Å². The zero-order valence-electron chi connectivity index (χ0n) is 12.1. The number of thiazole rings is 1. The van der Waals surface area contributed by atoms with Gasteiger partial charge in [0.15, 0.2) is 5.13 Å². The maximum atomic E-state index is 12.4. The smallest absolute Gasteiger partial charge is 0.273 e. The number of piperidine rings is 1. The number of hydrogen-bond donors (Lipinski definition) is 2. The van der Waals surface area contributed by atoms with Gasteiger partial charge in [0.05, 0.1) is 0 Å². The first-order valence-corrected chi connectivity index (χ1v) is 8.19. The van der Waals surface area contributed by atoms with Crippen LogP contribution in [0.3, 0.4) is 0 Å². The Morgan fingerprint density at radius 3 is 2.76 bits per heavy atom. The molecule has 2 saturated heterocycles. The summed E-state index contributed by atoms with van der Waals surface area (Å²) in [5, 5.41) is 8.24. The Bertz CT molecular complexity index is 541. The van der Waals surface area contributed by atoms with Crippen LogP contribution in [0.4, 0.5) is 5.13 Å². The first-order chi connectivity index (χ1) is 10.1. The predicted molar refractivity (Wildman–Crippen MR) is 81.5 cm³/mol. The summed E-state index contributed by atoms with van der Waals surface area (Å²) in [7, 11) is 0. The molecule has 0 aromatic carbocycles. The quantitative estimate of drug-likeness (QED) is 0.864. The van der Waals surface area contributed by atoms with E-state index < -0.39 is 0 Å². The fraction of sp³-hybridized carbons (Fsp3) is 0.643. The summed E-state index contributed by atoms with van der Waals surface area (Å²) in [6, 6.07) is 0. The molecule has 0 atom stereocenters. The average molecular weight is 308 g/mol. The van der Waals surface area contributed by atoms with E-state index >= 15 is 0 Å². The van der Waals surface area contributed by atoms with E-state index in [2.05, 4.69) is 15.6 Å². The van der Waals surface area contributed by atoms with Gasteiger partial charge in [0.25, 0.3) is 5.91 Å². The summed E-state index contributed by atoms with van der Waals surface area (Å²) in [5.74, 6) is -0.194. The lowest BCUT2D eigenvalue weighted by atomic mass is 9.78. The van der Waals surface area contributed by atoms with Gasteiger partial charge in [0, 0.05) is 31.9 Å². The molecule has 2 aliphatic rings. The summed E-state index contributed by atoms with van der Waals surface area (Å²) in [4.78, 5) is 29.5. The largest absolute Gasteiger partial charge is 0.337 e. The molecule has 0 aliphatic carbocycles. The number of nitrogens with one attached hydrogen (secondary N) is 2. The molecule has 7 heteroatoms. The molecule has 3 heterocycles. The van der Waals surface area contributed by atoms with Crippen molar-refractivity contribution in [1.82, 2.24) is 15.2 Å². The highest BCUT2D eigenvalue weighted by atomic mass is 32.1. The number of aromatic nitrogens is 1. The summed E-state index contributed by atoms with van der Waals surface area (Å²) in [5.41, 5.74) is 0.837. The molecule has 2 fully saturated rings. The zero-order valence-corrected chi connectivity index (χ0v) is 13.0. The van der Waals surface area contributed by atoms with Crippen molar-refractivity contribution in [3.05, 3.63) is 11.1 Å². The van der Waals surface area contributed by atoms with Gasteiger partial charge in [0.1, 0.15) is 5.69 Å². The van der Waals surface area contributed by atoms with Crippen molar-refractivity contribution < 1.29 is 9.59 Å². The molecule has 0 saturated carbocycles. The average Bonchev–Trinajstić information content (AvgIpc) is 3.09. The van der Waals surface area contributed by atoms with E-state index in [-0.39, 0.29) is 11.8 Å². The van der Waals surface area contributed by atoms with E-state index in [9.17, 15) is 9.59 Å². The molecule has 21 heavy (non-hydrogen) atoms. The van der Waals surface area contributed by atoms with Crippen molar-refractivity contribution in [2.24, 2.45) is 5.41 Å². The van der Waals surface area contributed by atoms with E-state index in [0.29, 0.717) is 16.2 Å². The topological polar surface area (TPSA) is 74.3 Å². The van der Waals surface area contributed by atoms with Crippen molar-refractivity contribution >= 4 is 28.3 Å². The summed E-state index contributed by atoms with van der Waals surface area (Å²) in [6.45, 7) is 5.21. The van der Waals surface area contributed by atoms with Gasteiger partial charge in [-0.2, -0.15) is 0 Å². The second-order valence-corrected chi connectivity index (χ2v) is 6.80. The van der Waals surface area contributed by atoms with Crippen LogP contribution in [0.15, 0.2) is 5.38 Å². The van der Waals surface area contributed by atoms with Crippen LogP contribution in [0.25, 0.3) is 0 Å². The summed E-state index contributed by atoms with van der Waals surface area (Å²) < 4.78 is 0. The lowest BCUT2D eigenvalue weighted by Crippen LogP contribution is -2.44. The van der Waals surface area contributed by atoms with Gasteiger partial charge in [0.2, 0.25) is 5.91 Å². The molecule has 0 bridgehead atoms. The number of carbonyl (C=O) groups excluding carboxylic acids is 2. The minimum atomic E-state index is -0.169.